The van der Waals surface area contributed by atoms with Gasteiger partial charge < -0.3 is 0 Å². The van der Waals surface area contributed by atoms with Crippen LogP contribution in [-0.2, 0) is 0 Å². The van der Waals surface area contributed by atoms with Gasteiger partial charge in [0.05, 0.1) is 0 Å². The van der Waals surface area contributed by atoms with Gasteiger partial charge in [0.15, 0.2) is 0 Å². The minimum absolute atomic E-state index is 0.0426. The zero-order valence-corrected chi connectivity index (χ0v) is 16.0. The van der Waals surface area contributed by atoms with E-state index in [1.807, 2.05) is 6.07 Å². The number of terminal acetylenes is 1. The molecule has 2 atom stereocenters. The Bertz CT molecular complexity index is 1070. The smallest absolute Gasteiger partial charge is 0.104 e. The molecule has 5 rings (SSSR count). The van der Waals surface area contributed by atoms with Crippen LogP contribution in [0, 0.1) is 12.3 Å². The molecule has 0 bridgehead atoms. The standard InChI is InChI=1S/C19H17NS.C6H4/c1-3-18(19-12-7-13-21-19)20-14(2)16-11-6-9-15-8-4-5-10-17(15)16;1-2-5-4-6(5)3-1/h1,4-14,18,20H,2H3;1-4H. The van der Waals surface area contributed by atoms with Crippen LogP contribution < -0.4 is 5.32 Å². The summed E-state index contributed by atoms with van der Waals surface area (Å²) in [5, 5.41) is 8.15. The number of fused-ring (bicyclic) bond motifs is 2. The van der Waals surface area contributed by atoms with Gasteiger partial charge in [-0.1, -0.05) is 72.7 Å². The van der Waals surface area contributed by atoms with Crippen LogP contribution in [0.5, 0.6) is 0 Å². The lowest BCUT2D eigenvalue weighted by atomic mass is 9.99. The van der Waals surface area contributed by atoms with Crippen molar-refractivity contribution in [2.75, 3.05) is 0 Å². The van der Waals surface area contributed by atoms with E-state index in [2.05, 4.69) is 96.3 Å². The molecule has 1 aromatic heterocycles. The fourth-order valence-electron chi connectivity index (χ4n) is 3.31. The van der Waals surface area contributed by atoms with Gasteiger partial charge in [0.1, 0.15) is 6.04 Å². The highest BCUT2D eigenvalue weighted by atomic mass is 32.1. The molecular weight excluding hydrogens is 346 g/mol. The molecule has 1 heterocycles. The first kappa shape index (κ1) is 17.5. The van der Waals surface area contributed by atoms with Crippen molar-refractivity contribution in [3.63, 3.8) is 0 Å². The Morgan fingerprint density at radius 2 is 1.63 bits per heavy atom. The monoisotopic (exact) mass is 367 g/mol. The van der Waals surface area contributed by atoms with Gasteiger partial charge in [0.25, 0.3) is 0 Å². The van der Waals surface area contributed by atoms with Crippen molar-refractivity contribution in [3.8, 4) is 23.5 Å². The highest BCUT2D eigenvalue weighted by Gasteiger charge is 2.15. The highest BCUT2D eigenvalue weighted by Crippen LogP contribution is 2.32. The van der Waals surface area contributed by atoms with E-state index in [1.165, 1.54) is 32.3 Å². The van der Waals surface area contributed by atoms with Crippen LogP contribution in [0.4, 0.5) is 0 Å². The van der Waals surface area contributed by atoms with Gasteiger partial charge >= 0.3 is 0 Å². The Balaban J connectivity index is 0.000000250. The zero-order valence-electron chi connectivity index (χ0n) is 15.2. The van der Waals surface area contributed by atoms with E-state index < -0.39 is 0 Å². The molecular formula is C25H21NS. The van der Waals surface area contributed by atoms with E-state index in [0.29, 0.717) is 0 Å². The second-order valence-electron chi connectivity index (χ2n) is 6.65. The average molecular weight is 368 g/mol. The third-order valence-electron chi connectivity index (χ3n) is 4.81. The normalized spacial score (nSPS) is 13.2. The molecule has 2 aliphatic rings. The quantitative estimate of drug-likeness (QED) is 0.353. The lowest BCUT2D eigenvalue weighted by molar-refractivity contribution is 0.545. The van der Waals surface area contributed by atoms with Gasteiger partial charge in [0.2, 0.25) is 0 Å². The number of hydrogen-bond acceptors (Lipinski definition) is 2. The molecule has 1 N–H and O–H groups in total. The third-order valence-corrected chi connectivity index (χ3v) is 5.75. The minimum atomic E-state index is -0.0426. The topological polar surface area (TPSA) is 12.0 Å². The number of nitrogens with one attached hydrogen (secondary N) is 1. The largest absolute Gasteiger partial charge is 0.293 e. The first-order valence-corrected chi connectivity index (χ1v) is 9.98. The van der Waals surface area contributed by atoms with E-state index >= 15 is 0 Å². The van der Waals surface area contributed by atoms with Crippen molar-refractivity contribution in [2.45, 2.75) is 19.0 Å². The second-order valence-corrected chi connectivity index (χ2v) is 7.63. The van der Waals surface area contributed by atoms with Crippen LogP contribution >= 0.6 is 11.3 Å². The highest BCUT2D eigenvalue weighted by molar-refractivity contribution is 7.10. The second kappa shape index (κ2) is 7.80. The van der Waals surface area contributed by atoms with Gasteiger partial charge in [-0.25, -0.2) is 0 Å². The van der Waals surface area contributed by atoms with Crippen LogP contribution in [0.2, 0.25) is 0 Å². The van der Waals surface area contributed by atoms with Crippen LogP contribution in [0.25, 0.3) is 21.9 Å². The van der Waals surface area contributed by atoms with Gasteiger partial charge in [-0.3, -0.25) is 5.32 Å². The number of thiophene rings is 1. The fourth-order valence-corrected chi connectivity index (χ4v) is 4.05. The van der Waals surface area contributed by atoms with E-state index in [1.54, 1.807) is 11.3 Å². The van der Waals surface area contributed by atoms with Crippen LogP contribution in [0.15, 0.2) is 84.2 Å². The molecule has 1 nitrogen and oxygen atoms in total. The minimum Gasteiger partial charge on any atom is -0.293 e. The summed E-state index contributed by atoms with van der Waals surface area (Å²) < 4.78 is 0. The first-order chi connectivity index (χ1) is 13.3. The van der Waals surface area contributed by atoms with Crippen LogP contribution in [-0.4, -0.2) is 0 Å². The van der Waals surface area contributed by atoms with Gasteiger partial charge in [-0.05, 0) is 51.9 Å². The molecule has 2 unspecified atom stereocenters. The molecule has 2 heteroatoms. The van der Waals surface area contributed by atoms with E-state index in [-0.39, 0.29) is 12.1 Å². The molecule has 2 aromatic carbocycles. The van der Waals surface area contributed by atoms with Gasteiger partial charge in [0, 0.05) is 10.9 Å². The summed E-state index contributed by atoms with van der Waals surface area (Å²) in [4.78, 5) is 1.18. The Hall–Kier alpha value is -2.86. The van der Waals surface area contributed by atoms with E-state index in [0.717, 1.165) is 0 Å². The summed E-state index contributed by atoms with van der Waals surface area (Å²) in [6.07, 6.45) is 5.70. The summed E-state index contributed by atoms with van der Waals surface area (Å²) >= 11 is 1.69. The maximum atomic E-state index is 5.70. The molecule has 3 aromatic rings. The van der Waals surface area contributed by atoms with Crippen molar-refractivity contribution < 1.29 is 0 Å². The molecule has 2 aliphatic carbocycles. The summed E-state index contributed by atoms with van der Waals surface area (Å²) in [6, 6.07) is 27.6. The number of benzene rings is 3. The number of rotatable bonds is 4. The Morgan fingerprint density at radius 1 is 0.889 bits per heavy atom. The fraction of sp³-hybridized carbons (Fsp3) is 0.120. The van der Waals surface area contributed by atoms with Gasteiger partial charge in [-0.15, -0.1) is 17.8 Å². The summed E-state index contributed by atoms with van der Waals surface area (Å²) in [5.41, 5.74) is 4.13. The Kier molecular flexibility index (Phi) is 5.07. The first-order valence-electron chi connectivity index (χ1n) is 9.10. The molecule has 132 valence electrons. The molecule has 0 aliphatic heterocycles. The van der Waals surface area contributed by atoms with Crippen molar-refractivity contribution in [3.05, 3.63) is 94.7 Å². The van der Waals surface area contributed by atoms with Crippen molar-refractivity contribution in [1.29, 1.82) is 0 Å². The predicted molar refractivity (Wildman–Crippen MR) is 117 cm³/mol. The summed E-state index contributed by atoms with van der Waals surface area (Å²) in [7, 11) is 0. The van der Waals surface area contributed by atoms with Crippen molar-refractivity contribution in [2.24, 2.45) is 0 Å². The lowest BCUT2D eigenvalue weighted by Gasteiger charge is -2.20. The third kappa shape index (κ3) is 3.95. The summed E-state index contributed by atoms with van der Waals surface area (Å²) in [5.74, 6) is 2.85. The average Bonchev–Trinajstić information content (AvgIpc) is 3.10. The van der Waals surface area contributed by atoms with Crippen LogP contribution in [0.1, 0.15) is 29.4 Å². The molecule has 0 fully saturated rings. The Labute approximate surface area is 164 Å². The predicted octanol–water partition coefficient (Wildman–Crippen LogP) is 6.59. The zero-order chi connectivity index (χ0) is 18.6. The molecule has 0 spiro atoms. The van der Waals surface area contributed by atoms with E-state index in [4.69, 9.17) is 6.42 Å². The molecule has 0 saturated carbocycles. The SMILES string of the molecule is C#CC(NC(C)c1cccc2ccccc12)c1cccs1.c1cc2cc-2c1. The van der Waals surface area contributed by atoms with Crippen molar-refractivity contribution in [1.82, 2.24) is 5.32 Å². The maximum Gasteiger partial charge on any atom is 0.104 e. The lowest BCUT2D eigenvalue weighted by Crippen LogP contribution is -2.23. The molecule has 0 radical (unpaired) electrons. The number of hydrogen-bond donors (Lipinski definition) is 1. The van der Waals surface area contributed by atoms with E-state index in [9.17, 15) is 0 Å². The molecule has 0 amide bonds. The van der Waals surface area contributed by atoms with Crippen LogP contribution in [0.3, 0.4) is 0 Å². The maximum absolute atomic E-state index is 5.70. The van der Waals surface area contributed by atoms with Crippen molar-refractivity contribution >= 4 is 22.1 Å². The summed E-state index contributed by atoms with van der Waals surface area (Å²) in [6.45, 7) is 2.17. The Morgan fingerprint density at radius 3 is 2.26 bits per heavy atom. The molecule has 0 saturated heterocycles. The van der Waals surface area contributed by atoms with Gasteiger partial charge in [-0.2, -0.15) is 0 Å². The molecule has 27 heavy (non-hydrogen) atoms.